The van der Waals surface area contributed by atoms with Gasteiger partial charge in [0.25, 0.3) is 5.91 Å². The number of nitrogens with one attached hydrogen (secondary N) is 2. The second kappa shape index (κ2) is 8.36. The predicted octanol–water partition coefficient (Wildman–Crippen LogP) is 4.57. The van der Waals surface area contributed by atoms with Gasteiger partial charge in [-0.3, -0.25) is 9.78 Å². The Balaban J connectivity index is 1.70. The van der Waals surface area contributed by atoms with E-state index < -0.39 is 0 Å². The second-order valence-electron chi connectivity index (χ2n) is 6.46. The second-order valence-corrected chi connectivity index (χ2v) is 6.46. The van der Waals surface area contributed by atoms with Crippen molar-refractivity contribution in [1.82, 2.24) is 4.98 Å². The van der Waals surface area contributed by atoms with Crippen LogP contribution in [0.2, 0.25) is 0 Å². The Bertz CT molecular complexity index is 937. The van der Waals surface area contributed by atoms with Crippen molar-refractivity contribution in [3.05, 3.63) is 83.2 Å². The number of anilines is 2. The lowest BCUT2D eigenvalue weighted by Gasteiger charge is -2.12. The third kappa shape index (κ3) is 4.85. The maximum Gasteiger partial charge on any atom is 0.257 e. The van der Waals surface area contributed by atoms with E-state index in [4.69, 9.17) is 4.74 Å². The number of aromatic nitrogens is 1. The highest BCUT2D eigenvalue weighted by atomic mass is 16.5. The van der Waals surface area contributed by atoms with Crippen molar-refractivity contribution >= 4 is 17.3 Å². The Morgan fingerprint density at radius 2 is 1.74 bits per heavy atom. The molecule has 1 amide bonds. The van der Waals surface area contributed by atoms with Crippen LogP contribution in [0, 0.1) is 13.8 Å². The highest BCUT2D eigenvalue weighted by molar-refractivity contribution is 6.05. The summed E-state index contributed by atoms with van der Waals surface area (Å²) in [5.41, 5.74) is 5.34. The largest absolute Gasteiger partial charge is 0.495 e. The van der Waals surface area contributed by atoms with E-state index in [1.54, 1.807) is 25.6 Å². The Kier molecular flexibility index (Phi) is 5.71. The van der Waals surface area contributed by atoms with Crippen LogP contribution in [0.3, 0.4) is 0 Å². The lowest BCUT2D eigenvalue weighted by molar-refractivity contribution is 0.102. The van der Waals surface area contributed by atoms with Gasteiger partial charge in [-0.25, -0.2) is 0 Å². The van der Waals surface area contributed by atoms with Gasteiger partial charge in [0.1, 0.15) is 5.75 Å². The molecule has 0 saturated carbocycles. The van der Waals surface area contributed by atoms with Crippen LogP contribution in [0.4, 0.5) is 11.4 Å². The molecule has 3 aromatic rings. The lowest BCUT2D eigenvalue weighted by atomic mass is 10.1. The van der Waals surface area contributed by atoms with Crippen LogP contribution in [0.5, 0.6) is 5.75 Å². The van der Waals surface area contributed by atoms with Crippen LogP contribution in [0.15, 0.2) is 60.9 Å². The Hall–Kier alpha value is -3.34. The number of methoxy groups -OCH3 is 1. The summed E-state index contributed by atoms with van der Waals surface area (Å²) in [7, 11) is 1.58. The molecule has 5 nitrogen and oxygen atoms in total. The summed E-state index contributed by atoms with van der Waals surface area (Å²) in [6.45, 7) is 4.69. The average Bonchev–Trinajstić information content (AvgIpc) is 2.68. The first-order chi connectivity index (χ1) is 13.0. The SMILES string of the molecule is COc1ccc(C)cc1NC(=O)c1cncc(NCc2ccc(C)cc2)c1. The number of pyridine rings is 1. The first-order valence-electron chi connectivity index (χ1n) is 8.75. The molecule has 2 N–H and O–H groups in total. The fourth-order valence-corrected chi connectivity index (χ4v) is 2.68. The molecule has 0 aliphatic heterocycles. The quantitative estimate of drug-likeness (QED) is 0.675. The first kappa shape index (κ1) is 18.5. The van der Waals surface area contributed by atoms with Crippen molar-refractivity contribution in [2.75, 3.05) is 17.7 Å². The Morgan fingerprint density at radius 3 is 2.48 bits per heavy atom. The zero-order chi connectivity index (χ0) is 19.2. The number of hydrogen-bond acceptors (Lipinski definition) is 4. The molecule has 3 rings (SSSR count). The molecule has 138 valence electrons. The zero-order valence-electron chi connectivity index (χ0n) is 15.7. The molecule has 0 bridgehead atoms. The molecular formula is C22H23N3O2. The van der Waals surface area contributed by atoms with Crippen LogP contribution in [-0.4, -0.2) is 18.0 Å². The van der Waals surface area contributed by atoms with E-state index in [0.29, 0.717) is 23.5 Å². The smallest absolute Gasteiger partial charge is 0.257 e. The molecule has 0 aliphatic rings. The summed E-state index contributed by atoms with van der Waals surface area (Å²) in [6, 6.07) is 15.8. The standard InChI is InChI=1S/C22H23N3O2/c1-15-4-7-17(8-5-15)12-24-19-11-18(13-23-14-19)22(26)25-20-10-16(2)6-9-21(20)27-3/h4-11,13-14,24H,12H2,1-3H3,(H,25,26). The van der Waals surface area contributed by atoms with Gasteiger partial charge in [0.15, 0.2) is 0 Å². The van der Waals surface area contributed by atoms with Crippen LogP contribution in [-0.2, 0) is 6.54 Å². The van der Waals surface area contributed by atoms with E-state index in [1.807, 2.05) is 25.1 Å². The van der Waals surface area contributed by atoms with Crippen molar-refractivity contribution in [2.24, 2.45) is 0 Å². The van der Waals surface area contributed by atoms with E-state index in [1.165, 1.54) is 11.1 Å². The molecule has 0 fully saturated rings. The summed E-state index contributed by atoms with van der Waals surface area (Å²) in [6.07, 6.45) is 3.26. The maximum absolute atomic E-state index is 12.6. The van der Waals surface area contributed by atoms with Crippen LogP contribution in [0.1, 0.15) is 27.0 Å². The molecule has 1 heterocycles. The van der Waals surface area contributed by atoms with Crippen LogP contribution in [0.25, 0.3) is 0 Å². The molecule has 0 radical (unpaired) electrons. The lowest BCUT2D eigenvalue weighted by Crippen LogP contribution is -2.13. The van der Waals surface area contributed by atoms with E-state index in [9.17, 15) is 4.79 Å². The normalized spacial score (nSPS) is 10.3. The summed E-state index contributed by atoms with van der Waals surface area (Å²) >= 11 is 0. The number of aryl methyl sites for hydroxylation is 2. The predicted molar refractivity (Wildman–Crippen MR) is 108 cm³/mol. The molecule has 0 atom stereocenters. The van der Waals surface area contributed by atoms with Gasteiger partial charge in [0.2, 0.25) is 0 Å². The fourth-order valence-electron chi connectivity index (χ4n) is 2.68. The third-order valence-electron chi connectivity index (χ3n) is 4.22. The number of hydrogen-bond donors (Lipinski definition) is 2. The minimum absolute atomic E-state index is 0.231. The minimum Gasteiger partial charge on any atom is -0.495 e. The number of ether oxygens (including phenoxy) is 1. The molecule has 2 aromatic carbocycles. The van der Waals surface area contributed by atoms with Gasteiger partial charge in [-0.05, 0) is 43.2 Å². The van der Waals surface area contributed by atoms with Crippen LogP contribution >= 0.6 is 0 Å². The Morgan fingerprint density at radius 1 is 1.00 bits per heavy atom. The van der Waals surface area contributed by atoms with Gasteiger partial charge in [-0.1, -0.05) is 35.9 Å². The van der Waals surface area contributed by atoms with Gasteiger partial charge in [-0.15, -0.1) is 0 Å². The summed E-state index contributed by atoms with van der Waals surface area (Å²) in [5, 5.41) is 6.20. The number of benzene rings is 2. The molecular weight excluding hydrogens is 338 g/mol. The fraction of sp³-hybridized carbons (Fsp3) is 0.182. The summed E-state index contributed by atoms with van der Waals surface area (Å²) in [5.74, 6) is 0.390. The topological polar surface area (TPSA) is 63.2 Å². The molecule has 0 saturated heterocycles. The van der Waals surface area contributed by atoms with Crippen molar-refractivity contribution in [3.8, 4) is 5.75 Å². The van der Waals surface area contributed by atoms with E-state index >= 15 is 0 Å². The number of carbonyl (C=O) groups excluding carboxylic acids is 1. The number of carbonyl (C=O) groups is 1. The first-order valence-corrected chi connectivity index (χ1v) is 8.75. The van der Waals surface area contributed by atoms with Gasteiger partial charge >= 0.3 is 0 Å². The average molecular weight is 361 g/mol. The van der Waals surface area contributed by atoms with Gasteiger partial charge in [-0.2, -0.15) is 0 Å². The number of nitrogens with zero attached hydrogens (tertiary/aromatic N) is 1. The number of rotatable bonds is 6. The van der Waals surface area contributed by atoms with Crippen LogP contribution < -0.4 is 15.4 Å². The number of amides is 1. The summed E-state index contributed by atoms with van der Waals surface area (Å²) in [4.78, 5) is 16.8. The van der Waals surface area contributed by atoms with Crippen molar-refractivity contribution < 1.29 is 9.53 Å². The molecule has 0 unspecified atom stereocenters. The van der Waals surface area contributed by atoms with E-state index in [0.717, 1.165) is 11.3 Å². The van der Waals surface area contributed by atoms with Gasteiger partial charge in [0.05, 0.1) is 24.0 Å². The van der Waals surface area contributed by atoms with Gasteiger partial charge in [0, 0.05) is 18.9 Å². The summed E-state index contributed by atoms with van der Waals surface area (Å²) < 4.78 is 5.31. The van der Waals surface area contributed by atoms with Crippen molar-refractivity contribution in [2.45, 2.75) is 20.4 Å². The monoisotopic (exact) mass is 361 g/mol. The van der Waals surface area contributed by atoms with Gasteiger partial charge < -0.3 is 15.4 Å². The van der Waals surface area contributed by atoms with Crippen molar-refractivity contribution in [1.29, 1.82) is 0 Å². The molecule has 1 aromatic heterocycles. The molecule has 5 heteroatoms. The van der Waals surface area contributed by atoms with E-state index in [2.05, 4.69) is 46.8 Å². The zero-order valence-corrected chi connectivity index (χ0v) is 15.7. The van der Waals surface area contributed by atoms with E-state index in [-0.39, 0.29) is 5.91 Å². The molecule has 0 spiro atoms. The minimum atomic E-state index is -0.231. The molecule has 0 aliphatic carbocycles. The molecule has 27 heavy (non-hydrogen) atoms. The maximum atomic E-state index is 12.6. The Labute approximate surface area is 159 Å². The third-order valence-corrected chi connectivity index (χ3v) is 4.22. The highest BCUT2D eigenvalue weighted by Gasteiger charge is 2.11. The highest BCUT2D eigenvalue weighted by Crippen LogP contribution is 2.26. The van der Waals surface area contributed by atoms with Crippen molar-refractivity contribution in [3.63, 3.8) is 0 Å².